The van der Waals surface area contributed by atoms with E-state index in [1.807, 2.05) is 6.92 Å². The fraction of sp³-hybridized carbons (Fsp3) is 0.318. The number of aryl methyl sites for hydroxylation is 1. The lowest BCUT2D eigenvalue weighted by atomic mass is 9.86. The second kappa shape index (κ2) is 6.38. The van der Waals surface area contributed by atoms with Crippen molar-refractivity contribution in [3.05, 3.63) is 56.9 Å². The first-order valence-electron chi connectivity index (χ1n) is 9.87. The molecule has 0 bridgehead atoms. The minimum atomic E-state index is -1.84. The molecule has 2 aliphatic heterocycles. The molecule has 0 spiro atoms. The number of benzene rings is 1. The van der Waals surface area contributed by atoms with Gasteiger partial charge in [0.2, 0.25) is 0 Å². The number of aliphatic hydroxyl groups is 1. The molecule has 1 atom stereocenters. The fourth-order valence-corrected chi connectivity index (χ4v) is 4.60. The van der Waals surface area contributed by atoms with Crippen molar-refractivity contribution in [3.8, 4) is 17.1 Å². The molecule has 0 amide bonds. The van der Waals surface area contributed by atoms with Crippen LogP contribution in [0.2, 0.25) is 0 Å². The molecule has 5 rings (SSSR count). The molecule has 154 valence electrons. The molecule has 1 aromatic carbocycles. The third kappa shape index (κ3) is 2.31. The highest BCUT2D eigenvalue weighted by Gasteiger charge is 2.45. The third-order valence-electron chi connectivity index (χ3n) is 6.24. The Kier molecular flexibility index (Phi) is 4.00. The molecular weight excluding hydrogens is 388 g/mol. The maximum Gasteiger partial charge on any atom is 0.343 e. The van der Waals surface area contributed by atoms with Crippen molar-refractivity contribution in [2.24, 2.45) is 0 Å². The van der Waals surface area contributed by atoms with Crippen LogP contribution in [0, 0.1) is 0 Å². The smallest absolute Gasteiger partial charge is 0.343 e. The predicted octanol–water partition coefficient (Wildman–Crippen LogP) is 2.49. The van der Waals surface area contributed by atoms with E-state index < -0.39 is 11.6 Å². The van der Waals surface area contributed by atoms with Gasteiger partial charge in [-0.05, 0) is 42.7 Å². The van der Waals surface area contributed by atoms with Crippen molar-refractivity contribution in [2.75, 3.05) is 0 Å². The first-order chi connectivity index (χ1) is 14.4. The summed E-state index contributed by atoms with van der Waals surface area (Å²) in [5.74, 6) is -0.428. The number of ether oxygens (including phenoxy) is 1. The summed E-state index contributed by atoms with van der Waals surface area (Å²) in [6.07, 6.45) is 0.795. The van der Waals surface area contributed by atoms with E-state index in [0.717, 1.165) is 16.5 Å². The highest BCUT2D eigenvalue weighted by Crippen LogP contribution is 2.40. The Balaban J connectivity index is 1.81. The molecule has 0 radical (unpaired) electrons. The predicted molar refractivity (Wildman–Crippen MR) is 107 cm³/mol. The van der Waals surface area contributed by atoms with Crippen molar-refractivity contribution in [1.29, 1.82) is 0 Å². The largest absolute Gasteiger partial charge is 0.458 e. The molecule has 2 aromatic heterocycles. The van der Waals surface area contributed by atoms with Crippen molar-refractivity contribution in [1.82, 2.24) is 9.55 Å². The monoisotopic (exact) mass is 408 g/mol. The average Bonchev–Trinajstić information content (AvgIpc) is 3.13. The van der Waals surface area contributed by atoms with E-state index in [1.165, 1.54) is 0 Å². The molecule has 30 heavy (non-hydrogen) atoms. The van der Waals surface area contributed by atoms with E-state index in [1.54, 1.807) is 35.8 Å². The number of cyclic esters (lactones) is 1. The molecule has 2 aliphatic rings. The van der Waals surface area contributed by atoms with E-state index >= 15 is 0 Å². The van der Waals surface area contributed by atoms with Gasteiger partial charge in [0.25, 0.3) is 5.56 Å². The van der Waals surface area contributed by atoms with Crippen LogP contribution in [-0.2, 0) is 34.7 Å². The lowest BCUT2D eigenvalue weighted by Gasteiger charge is -2.31. The van der Waals surface area contributed by atoms with E-state index in [0.29, 0.717) is 46.7 Å². The molecule has 8 nitrogen and oxygen atoms in total. The van der Waals surface area contributed by atoms with Gasteiger partial charge in [-0.2, -0.15) is 0 Å². The first kappa shape index (κ1) is 18.8. The number of hydrogen-bond donors (Lipinski definition) is 2. The molecule has 0 fully saturated rings. The van der Waals surface area contributed by atoms with Gasteiger partial charge < -0.3 is 19.3 Å². The zero-order chi connectivity index (χ0) is 21.2. The van der Waals surface area contributed by atoms with Gasteiger partial charge in [0.15, 0.2) is 11.4 Å². The summed E-state index contributed by atoms with van der Waals surface area (Å²) >= 11 is 0. The number of rotatable bonds is 3. The van der Waals surface area contributed by atoms with E-state index in [2.05, 4.69) is 4.89 Å². The molecule has 2 N–H and O–H groups in total. The summed E-state index contributed by atoms with van der Waals surface area (Å²) in [6.45, 7) is 3.88. The summed E-state index contributed by atoms with van der Waals surface area (Å²) in [5.41, 5.74) is 2.33. The molecule has 8 heteroatoms. The Bertz CT molecular complexity index is 1300. The SMILES string of the molecule is CCc1c2c(nc3ccc(OO)cc13)-c1cc3c(c(=O)n1C2)COC(=O)[C@]3(O)CC. The number of nitrogens with zero attached hydrogens (tertiary/aromatic N) is 2. The van der Waals surface area contributed by atoms with E-state index in [9.17, 15) is 14.7 Å². The number of fused-ring (bicyclic) bond motifs is 5. The van der Waals surface area contributed by atoms with Gasteiger partial charge >= 0.3 is 5.97 Å². The number of carbonyl (C=O) groups excluding carboxylic acids is 1. The molecule has 0 saturated carbocycles. The van der Waals surface area contributed by atoms with Crippen molar-refractivity contribution in [3.63, 3.8) is 0 Å². The summed E-state index contributed by atoms with van der Waals surface area (Å²) in [7, 11) is 0. The average molecular weight is 408 g/mol. The highest BCUT2D eigenvalue weighted by atomic mass is 17.1. The van der Waals surface area contributed by atoms with Crippen LogP contribution in [-0.4, -0.2) is 25.9 Å². The number of aromatic nitrogens is 2. The Morgan fingerprint density at radius 2 is 2.03 bits per heavy atom. The lowest BCUT2D eigenvalue weighted by molar-refractivity contribution is -0.172. The van der Waals surface area contributed by atoms with Crippen LogP contribution in [0.1, 0.15) is 42.5 Å². The summed E-state index contributed by atoms with van der Waals surface area (Å²) in [5, 5.41) is 20.8. The fourth-order valence-electron chi connectivity index (χ4n) is 4.60. The lowest BCUT2D eigenvalue weighted by Crippen LogP contribution is -2.44. The molecular formula is C22H20N2O6. The molecule has 0 saturated heterocycles. The summed E-state index contributed by atoms with van der Waals surface area (Å²) in [4.78, 5) is 34.7. The topological polar surface area (TPSA) is 111 Å². The standard InChI is InChI=1S/C22H20N2O6/c1-3-12-13-7-11(30-28)5-6-17(13)23-19-14(12)9-24-18(19)8-16-15(20(24)25)10-29-21(26)22(16,27)4-2/h5-8,27-28H,3-4,9-10H2,1-2H3/t22-/m0/s1. The Labute approximate surface area is 171 Å². The molecule has 0 aliphatic carbocycles. The van der Waals surface area contributed by atoms with E-state index in [-0.39, 0.29) is 18.6 Å². The maximum absolute atomic E-state index is 13.3. The minimum absolute atomic E-state index is 0.101. The Morgan fingerprint density at radius 3 is 2.73 bits per heavy atom. The highest BCUT2D eigenvalue weighted by molar-refractivity contribution is 5.89. The zero-order valence-corrected chi connectivity index (χ0v) is 16.6. The van der Waals surface area contributed by atoms with Crippen LogP contribution in [0.25, 0.3) is 22.3 Å². The van der Waals surface area contributed by atoms with Crippen LogP contribution >= 0.6 is 0 Å². The summed E-state index contributed by atoms with van der Waals surface area (Å²) in [6, 6.07) is 6.79. The summed E-state index contributed by atoms with van der Waals surface area (Å²) < 4.78 is 6.72. The van der Waals surface area contributed by atoms with Gasteiger partial charge in [0.05, 0.1) is 29.0 Å². The molecule has 4 heterocycles. The molecule has 3 aromatic rings. The van der Waals surface area contributed by atoms with Crippen LogP contribution in [0.3, 0.4) is 0 Å². The van der Waals surface area contributed by atoms with Gasteiger partial charge in [0, 0.05) is 16.5 Å². The number of hydrogen-bond acceptors (Lipinski definition) is 7. The van der Waals surface area contributed by atoms with Crippen molar-refractivity contribution in [2.45, 2.75) is 45.4 Å². The van der Waals surface area contributed by atoms with Gasteiger partial charge in [-0.15, -0.1) is 0 Å². The zero-order valence-electron chi connectivity index (χ0n) is 16.6. The van der Waals surface area contributed by atoms with E-state index in [4.69, 9.17) is 15.0 Å². The third-order valence-corrected chi connectivity index (χ3v) is 6.24. The van der Waals surface area contributed by atoms with Gasteiger partial charge in [-0.1, -0.05) is 13.8 Å². The van der Waals surface area contributed by atoms with Crippen LogP contribution in [0.5, 0.6) is 5.75 Å². The van der Waals surface area contributed by atoms with Gasteiger partial charge in [-0.25, -0.2) is 15.0 Å². The quantitative estimate of drug-likeness (QED) is 0.304. The number of esters is 1. The number of pyridine rings is 2. The second-order valence-electron chi connectivity index (χ2n) is 7.64. The van der Waals surface area contributed by atoms with Crippen molar-refractivity contribution >= 4 is 16.9 Å². The Morgan fingerprint density at radius 1 is 1.23 bits per heavy atom. The van der Waals surface area contributed by atoms with Crippen LogP contribution in [0.15, 0.2) is 29.1 Å². The van der Waals surface area contributed by atoms with Crippen LogP contribution < -0.4 is 10.4 Å². The first-order valence-corrected chi connectivity index (χ1v) is 9.87. The second-order valence-corrected chi connectivity index (χ2v) is 7.64. The minimum Gasteiger partial charge on any atom is -0.458 e. The molecule has 0 unspecified atom stereocenters. The normalized spacial score (nSPS) is 19.3. The maximum atomic E-state index is 13.3. The van der Waals surface area contributed by atoms with Crippen LogP contribution in [0.4, 0.5) is 0 Å². The Hall–Kier alpha value is -3.23. The van der Waals surface area contributed by atoms with Gasteiger partial charge in [-0.3, -0.25) is 4.79 Å². The number of carbonyl (C=O) groups is 1. The van der Waals surface area contributed by atoms with Crippen molar-refractivity contribution < 1.29 is 24.8 Å². The van der Waals surface area contributed by atoms with Gasteiger partial charge in [0.1, 0.15) is 6.61 Å².